The van der Waals surface area contributed by atoms with Crippen LogP contribution in [0.4, 0.5) is 0 Å². The van der Waals surface area contributed by atoms with Crippen molar-refractivity contribution in [2.75, 3.05) is 0 Å². The van der Waals surface area contributed by atoms with E-state index in [1.807, 2.05) is 18.2 Å². The first-order valence-corrected chi connectivity index (χ1v) is 11.1. The Hall–Kier alpha value is -3.00. The molecule has 0 amide bonds. The van der Waals surface area contributed by atoms with Gasteiger partial charge >= 0.3 is 0 Å². The van der Waals surface area contributed by atoms with Gasteiger partial charge in [0.05, 0.1) is 11.2 Å². The number of phenolic OH excluding ortho intramolecular Hbond substituents is 1. The highest BCUT2D eigenvalue weighted by atomic mass is 16.3. The average molecular weight is 415 g/mol. The Kier molecular flexibility index (Phi) is 6.59. The molecule has 2 nitrogen and oxygen atoms in total. The zero-order valence-electron chi connectivity index (χ0n) is 19.5. The fourth-order valence-corrected chi connectivity index (χ4v) is 4.56. The predicted molar refractivity (Wildman–Crippen MR) is 131 cm³/mol. The van der Waals surface area contributed by atoms with Crippen LogP contribution in [0.2, 0.25) is 0 Å². The van der Waals surface area contributed by atoms with Crippen LogP contribution in [0.15, 0.2) is 89.7 Å². The van der Waals surface area contributed by atoms with Gasteiger partial charge in [-0.3, -0.25) is 0 Å². The highest BCUT2D eigenvalue weighted by Gasteiger charge is 2.47. The first-order chi connectivity index (χ1) is 14.7. The van der Waals surface area contributed by atoms with E-state index in [9.17, 15) is 10.2 Å². The van der Waals surface area contributed by atoms with Crippen molar-refractivity contribution in [3.63, 3.8) is 0 Å². The summed E-state index contributed by atoms with van der Waals surface area (Å²) in [6.07, 6.45) is 8.41. The number of phenols is 1. The van der Waals surface area contributed by atoms with Gasteiger partial charge in [-0.1, -0.05) is 81.0 Å². The molecule has 1 aliphatic rings. The SMILES string of the molecule is CC=C1/C(=C\C(C)C(C)C)C(/C(C)=C/C=C(\C)O)(c2ccc(O)cc2)c2ccccc21. The normalized spacial score (nSPS) is 22.9. The third-order valence-corrected chi connectivity index (χ3v) is 6.55. The van der Waals surface area contributed by atoms with Gasteiger partial charge in [0.2, 0.25) is 0 Å². The van der Waals surface area contributed by atoms with Crippen molar-refractivity contribution in [3.05, 3.63) is 106 Å². The van der Waals surface area contributed by atoms with E-state index in [0.717, 1.165) is 11.1 Å². The molecule has 2 aromatic rings. The van der Waals surface area contributed by atoms with E-state index in [4.69, 9.17) is 0 Å². The monoisotopic (exact) mass is 414 g/mol. The molecule has 0 radical (unpaired) electrons. The van der Waals surface area contributed by atoms with Gasteiger partial charge in [-0.2, -0.15) is 0 Å². The van der Waals surface area contributed by atoms with E-state index in [1.165, 1.54) is 22.3 Å². The van der Waals surface area contributed by atoms with Crippen LogP contribution in [-0.2, 0) is 5.41 Å². The van der Waals surface area contributed by atoms with Crippen molar-refractivity contribution in [1.82, 2.24) is 0 Å². The lowest BCUT2D eigenvalue weighted by Crippen LogP contribution is -2.29. The molecule has 0 fully saturated rings. The Balaban J connectivity index is 2.48. The quantitative estimate of drug-likeness (QED) is 0.388. The number of aliphatic hydroxyl groups excluding tert-OH is 1. The number of hydrogen-bond acceptors (Lipinski definition) is 2. The zero-order valence-corrected chi connectivity index (χ0v) is 19.5. The van der Waals surface area contributed by atoms with Gasteiger partial charge in [-0.15, -0.1) is 0 Å². The predicted octanol–water partition coefficient (Wildman–Crippen LogP) is 7.72. The Bertz CT molecular complexity index is 1060. The van der Waals surface area contributed by atoms with Crippen molar-refractivity contribution in [1.29, 1.82) is 0 Å². The van der Waals surface area contributed by atoms with Crippen LogP contribution < -0.4 is 0 Å². The third kappa shape index (κ3) is 3.99. The largest absolute Gasteiger partial charge is 0.513 e. The van der Waals surface area contributed by atoms with Crippen molar-refractivity contribution in [2.45, 2.75) is 47.0 Å². The maximum atomic E-state index is 9.99. The van der Waals surface area contributed by atoms with Crippen molar-refractivity contribution in [3.8, 4) is 5.75 Å². The summed E-state index contributed by atoms with van der Waals surface area (Å²) in [4.78, 5) is 0. The van der Waals surface area contributed by atoms with Gasteiger partial charge in [0.25, 0.3) is 0 Å². The third-order valence-electron chi connectivity index (χ3n) is 6.55. The molecule has 0 bridgehead atoms. The second-order valence-corrected chi connectivity index (χ2v) is 8.89. The summed E-state index contributed by atoms with van der Waals surface area (Å²) in [6.45, 7) is 12.7. The lowest BCUT2D eigenvalue weighted by molar-refractivity contribution is 0.414. The van der Waals surface area contributed by atoms with Crippen molar-refractivity contribution in [2.24, 2.45) is 11.8 Å². The van der Waals surface area contributed by atoms with Crippen LogP contribution in [0.5, 0.6) is 5.75 Å². The van der Waals surface area contributed by atoms with Gasteiger partial charge in [0, 0.05) is 0 Å². The fraction of sp³-hybridized carbons (Fsp3) is 0.310. The number of allylic oxidation sites excluding steroid dienone is 8. The van der Waals surface area contributed by atoms with Gasteiger partial charge in [-0.05, 0) is 78.7 Å². The molecule has 0 aromatic heterocycles. The molecular formula is C29H34O2. The summed E-state index contributed by atoms with van der Waals surface area (Å²) >= 11 is 0. The number of aliphatic hydroxyl groups is 1. The van der Waals surface area contributed by atoms with E-state index < -0.39 is 5.41 Å². The lowest BCUT2D eigenvalue weighted by atomic mass is 9.66. The minimum absolute atomic E-state index is 0.255. The Morgan fingerprint density at radius 1 is 0.935 bits per heavy atom. The summed E-state index contributed by atoms with van der Waals surface area (Å²) in [6, 6.07) is 16.2. The number of benzene rings is 2. The molecule has 0 heterocycles. The molecular weight excluding hydrogens is 380 g/mol. The zero-order chi connectivity index (χ0) is 22.8. The number of hydrogen-bond donors (Lipinski definition) is 2. The Labute approximate surface area is 187 Å². The standard InChI is InChI=1S/C29H34O2/c1-7-25-26-10-8-9-11-27(26)29(21(5)12-13-22(6)30,23-14-16-24(31)17-15-23)28(25)18-20(4)19(2)3/h7-20,30-31H,1-6H3/b21-12+,22-13+,25-7?,28-18+. The summed E-state index contributed by atoms with van der Waals surface area (Å²) in [5.41, 5.74) is 6.70. The number of aromatic hydroxyl groups is 1. The van der Waals surface area contributed by atoms with Gasteiger partial charge in [0.15, 0.2) is 0 Å². The molecule has 2 heteroatoms. The average Bonchev–Trinajstić information content (AvgIpc) is 3.02. The molecule has 1 aliphatic carbocycles. The second kappa shape index (κ2) is 9.01. The summed E-state index contributed by atoms with van der Waals surface area (Å²) < 4.78 is 0. The van der Waals surface area contributed by atoms with Crippen molar-refractivity contribution >= 4 is 5.57 Å². The topological polar surface area (TPSA) is 40.5 Å². The number of fused-ring (bicyclic) bond motifs is 1. The van der Waals surface area contributed by atoms with Crippen molar-refractivity contribution < 1.29 is 10.2 Å². The van der Waals surface area contributed by atoms with Crippen LogP contribution in [-0.4, -0.2) is 10.2 Å². The second-order valence-electron chi connectivity index (χ2n) is 8.89. The fourth-order valence-electron chi connectivity index (χ4n) is 4.56. The molecule has 31 heavy (non-hydrogen) atoms. The first kappa shape index (κ1) is 22.7. The summed E-state index contributed by atoms with van der Waals surface area (Å²) in [5.74, 6) is 1.43. The Morgan fingerprint density at radius 3 is 2.16 bits per heavy atom. The van der Waals surface area contributed by atoms with Crippen LogP contribution in [0, 0.1) is 11.8 Å². The van der Waals surface area contributed by atoms with Gasteiger partial charge in [0.1, 0.15) is 5.75 Å². The minimum atomic E-state index is -0.499. The van der Waals surface area contributed by atoms with Gasteiger partial charge in [-0.25, -0.2) is 0 Å². The molecule has 2 aromatic carbocycles. The molecule has 3 rings (SSSR count). The van der Waals surface area contributed by atoms with E-state index in [2.05, 4.69) is 71.0 Å². The van der Waals surface area contributed by atoms with Crippen LogP contribution >= 0.6 is 0 Å². The highest BCUT2D eigenvalue weighted by Crippen LogP contribution is 2.57. The van der Waals surface area contributed by atoms with Crippen LogP contribution in [0.25, 0.3) is 5.57 Å². The van der Waals surface area contributed by atoms with E-state index in [0.29, 0.717) is 11.8 Å². The maximum absolute atomic E-state index is 9.99. The van der Waals surface area contributed by atoms with Crippen LogP contribution in [0.1, 0.15) is 58.2 Å². The van der Waals surface area contributed by atoms with Crippen LogP contribution in [0.3, 0.4) is 0 Å². The summed E-state index contributed by atoms with van der Waals surface area (Å²) in [7, 11) is 0. The molecule has 2 N–H and O–H groups in total. The maximum Gasteiger partial charge on any atom is 0.115 e. The number of rotatable bonds is 5. The smallest absolute Gasteiger partial charge is 0.115 e. The van der Waals surface area contributed by atoms with E-state index in [1.54, 1.807) is 25.1 Å². The molecule has 0 spiro atoms. The molecule has 0 saturated carbocycles. The minimum Gasteiger partial charge on any atom is -0.513 e. The molecule has 2 atom stereocenters. The molecule has 0 aliphatic heterocycles. The molecule has 0 saturated heterocycles. The van der Waals surface area contributed by atoms with E-state index >= 15 is 0 Å². The molecule has 2 unspecified atom stereocenters. The van der Waals surface area contributed by atoms with E-state index in [-0.39, 0.29) is 11.5 Å². The van der Waals surface area contributed by atoms with Gasteiger partial charge < -0.3 is 10.2 Å². The summed E-state index contributed by atoms with van der Waals surface area (Å²) in [5, 5.41) is 19.9. The lowest BCUT2D eigenvalue weighted by Gasteiger charge is -2.35. The molecule has 162 valence electrons. The first-order valence-electron chi connectivity index (χ1n) is 11.1. The Morgan fingerprint density at radius 2 is 1.58 bits per heavy atom. The highest BCUT2D eigenvalue weighted by molar-refractivity contribution is 5.93.